The summed E-state index contributed by atoms with van der Waals surface area (Å²) in [6, 6.07) is 8.26. The van der Waals surface area contributed by atoms with Crippen molar-refractivity contribution in [1.29, 1.82) is 0 Å². The number of unbranched alkanes of at least 4 members (excludes halogenated alkanes) is 1. The van der Waals surface area contributed by atoms with Crippen LogP contribution in [0.4, 0.5) is 18.9 Å². The molecule has 40 heavy (non-hydrogen) atoms. The molecule has 0 fully saturated rings. The molecule has 0 radical (unpaired) electrons. The third-order valence-electron chi connectivity index (χ3n) is 5.84. The number of halogens is 3. The monoisotopic (exact) mass is 563 g/mol. The maximum Gasteiger partial charge on any atom is 0.573 e. The summed E-state index contributed by atoms with van der Waals surface area (Å²) in [4.78, 5) is 0. The van der Waals surface area contributed by atoms with E-state index in [2.05, 4.69) is 30.7 Å². The SMILES string of the molecule is COCCOc1cc(CNCCCCOCCNc2cc(-c3cnoc3)cc3[nH]ncc23)cc(OC(F)(F)F)c1. The molecule has 3 N–H and O–H groups in total. The zero-order valence-electron chi connectivity index (χ0n) is 22.1. The smallest absolute Gasteiger partial charge is 0.491 e. The molecule has 0 amide bonds. The van der Waals surface area contributed by atoms with Gasteiger partial charge < -0.3 is 34.1 Å². The normalized spacial score (nSPS) is 11.7. The molecule has 0 unspecified atom stereocenters. The molecule has 0 bridgehead atoms. The van der Waals surface area contributed by atoms with Crippen molar-refractivity contribution >= 4 is 16.6 Å². The van der Waals surface area contributed by atoms with Gasteiger partial charge in [0.05, 0.1) is 31.1 Å². The van der Waals surface area contributed by atoms with E-state index in [0.29, 0.717) is 45.0 Å². The largest absolute Gasteiger partial charge is 0.573 e. The summed E-state index contributed by atoms with van der Waals surface area (Å²) >= 11 is 0. The van der Waals surface area contributed by atoms with Crippen LogP contribution in [0.1, 0.15) is 18.4 Å². The quantitative estimate of drug-likeness (QED) is 0.150. The van der Waals surface area contributed by atoms with E-state index in [-0.39, 0.29) is 18.1 Å². The fourth-order valence-corrected chi connectivity index (χ4v) is 4.01. The van der Waals surface area contributed by atoms with Crippen LogP contribution in [0.5, 0.6) is 11.5 Å². The van der Waals surface area contributed by atoms with E-state index in [1.54, 1.807) is 24.7 Å². The lowest BCUT2D eigenvalue weighted by Gasteiger charge is -2.14. The Kier molecular flexibility index (Phi) is 10.6. The zero-order chi connectivity index (χ0) is 28.2. The van der Waals surface area contributed by atoms with E-state index in [0.717, 1.165) is 40.6 Å². The third-order valence-corrected chi connectivity index (χ3v) is 5.84. The fraction of sp³-hybridized carbons (Fsp3) is 0.407. The molecule has 10 nitrogen and oxygen atoms in total. The van der Waals surface area contributed by atoms with Crippen LogP contribution in [0.3, 0.4) is 0 Å². The molecule has 216 valence electrons. The predicted molar refractivity (Wildman–Crippen MR) is 142 cm³/mol. The maximum absolute atomic E-state index is 12.7. The van der Waals surface area contributed by atoms with Crippen molar-refractivity contribution in [2.45, 2.75) is 25.7 Å². The second-order valence-electron chi connectivity index (χ2n) is 8.89. The number of H-pyrrole nitrogens is 1. The first kappa shape index (κ1) is 29.2. The van der Waals surface area contributed by atoms with E-state index in [1.165, 1.54) is 19.2 Å². The van der Waals surface area contributed by atoms with Gasteiger partial charge in [-0.15, -0.1) is 13.2 Å². The lowest BCUT2D eigenvalue weighted by atomic mass is 10.1. The minimum absolute atomic E-state index is 0.220. The van der Waals surface area contributed by atoms with Crippen LogP contribution in [0, 0.1) is 0 Å². The number of rotatable bonds is 17. The fourth-order valence-electron chi connectivity index (χ4n) is 4.01. The highest BCUT2D eigenvalue weighted by Gasteiger charge is 2.31. The van der Waals surface area contributed by atoms with Crippen molar-refractivity contribution in [2.75, 3.05) is 51.9 Å². The Balaban J connectivity index is 1.14. The topological polar surface area (TPSA) is 116 Å². The molecule has 4 aromatic rings. The summed E-state index contributed by atoms with van der Waals surface area (Å²) in [6.07, 6.45) is 1.94. The molecule has 0 saturated heterocycles. The highest BCUT2D eigenvalue weighted by atomic mass is 19.4. The van der Waals surface area contributed by atoms with Crippen LogP contribution in [0.15, 0.2) is 53.5 Å². The van der Waals surface area contributed by atoms with Gasteiger partial charge in [0.1, 0.15) is 24.4 Å². The standard InChI is InChI=1S/C27H32F3N5O5/c1-36-8-9-38-22-10-19(11-23(14-22)40-27(28,29)30)15-31-4-2-3-6-37-7-5-32-25-12-20(21-16-34-39-18-21)13-26-24(25)17-33-35-26/h10-14,16-18,31-32H,2-9,15H2,1H3,(H,33,35). The van der Waals surface area contributed by atoms with Gasteiger partial charge in [0.15, 0.2) is 0 Å². The number of aromatic amines is 1. The lowest BCUT2D eigenvalue weighted by molar-refractivity contribution is -0.274. The molecule has 0 saturated carbocycles. The second-order valence-corrected chi connectivity index (χ2v) is 8.89. The number of alkyl halides is 3. The van der Waals surface area contributed by atoms with Crippen LogP contribution in [0.25, 0.3) is 22.0 Å². The van der Waals surface area contributed by atoms with Crippen LogP contribution in [0.2, 0.25) is 0 Å². The highest BCUT2D eigenvalue weighted by Crippen LogP contribution is 2.30. The molecule has 0 aliphatic carbocycles. The Morgan fingerprint density at radius 3 is 2.60 bits per heavy atom. The Morgan fingerprint density at radius 2 is 1.80 bits per heavy atom. The van der Waals surface area contributed by atoms with Gasteiger partial charge in [-0.3, -0.25) is 5.10 Å². The molecule has 0 aliphatic heterocycles. The van der Waals surface area contributed by atoms with Crippen molar-refractivity contribution in [1.82, 2.24) is 20.7 Å². The molecule has 2 aromatic carbocycles. The van der Waals surface area contributed by atoms with Crippen LogP contribution < -0.4 is 20.1 Å². The summed E-state index contributed by atoms with van der Waals surface area (Å²) in [5.74, 6) is -0.0312. The van der Waals surface area contributed by atoms with Crippen molar-refractivity contribution in [3.05, 3.63) is 54.6 Å². The number of anilines is 1. The number of nitrogens with one attached hydrogen (secondary N) is 3. The summed E-state index contributed by atoms with van der Waals surface area (Å²) in [6.45, 7) is 3.34. The average Bonchev–Trinajstić information content (AvgIpc) is 3.61. The highest BCUT2D eigenvalue weighted by molar-refractivity contribution is 5.95. The Morgan fingerprint density at radius 1 is 0.925 bits per heavy atom. The molecule has 4 rings (SSSR count). The third kappa shape index (κ3) is 9.14. The Hall–Kier alpha value is -3.81. The maximum atomic E-state index is 12.7. The predicted octanol–water partition coefficient (Wildman–Crippen LogP) is 5.14. The van der Waals surface area contributed by atoms with Crippen LogP contribution >= 0.6 is 0 Å². The minimum atomic E-state index is -4.78. The molecule has 2 heterocycles. The summed E-state index contributed by atoms with van der Waals surface area (Å²) in [7, 11) is 1.52. The van der Waals surface area contributed by atoms with E-state index >= 15 is 0 Å². The lowest BCUT2D eigenvalue weighted by Crippen LogP contribution is -2.18. The van der Waals surface area contributed by atoms with Gasteiger partial charge in [-0.1, -0.05) is 5.16 Å². The Labute approximate surface area is 229 Å². The first-order valence-electron chi connectivity index (χ1n) is 12.8. The first-order chi connectivity index (χ1) is 19.4. The molecule has 2 aromatic heterocycles. The average molecular weight is 564 g/mol. The minimum Gasteiger partial charge on any atom is -0.491 e. The van der Waals surface area contributed by atoms with Gasteiger partial charge in [0, 0.05) is 49.5 Å². The molecule has 0 spiro atoms. The van der Waals surface area contributed by atoms with Gasteiger partial charge in [0.2, 0.25) is 0 Å². The number of aromatic nitrogens is 3. The number of fused-ring (bicyclic) bond motifs is 1. The molecular formula is C27H32F3N5O5. The number of ether oxygens (including phenoxy) is 4. The van der Waals surface area contributed by atoms with Gasteiger partial charge in [-0.2, -0.15) is 5.10 Å². The van der Waals surface area contributed by atoms with Crippen molar-refractivity contribution in [2.24, 2.45) is 0 Å². The summed E-state index contributed by atoms with van der Waals surface area (Å²) < 4.78 is 63.3. The zero-order valence-corrected chi connectivity index (χ0v) is 22.1. The number of methoxy groups -OCH3 is 1. The van der Waals surface area contributed by atoms with E-state index in [1.807, 2.05) is 12.1 Å². The number of hydrogen-bond donors (Lipinski definition) is 3. The number of benzene rings is 2. The van der Waals surface area contributed by atoms with Crippen molar-refractivity contribution in [3.63, 3.8) is 0 Å². The van der Waals surface area contributed by atoms with Crippen LogP contribution in [-0.2, 0) is 16.0 Å². The van der Waals surface area contributed by atoms with E-state index in [9.17, 15) is 13.2 Å². The number of nitrogens with zero attached hydrogens (tertiary/aromatic N) is 2. The van der Waals surface area contributed by atoms with Gasteiger partial charge >= 0.3 is 6.36 Å². The first-order valence-corrected chi connectivity index (χ1v) is 12.8. The molecule has 13 heteroatoms. The van der Waals surface area contributed by atoms with E-state index < -0.39 is 6.36 Å². The molecule has 0 aliphatic rings. The Bertz CT molecular complexity index is 1310. The van der Waals surface area contributed by atoms with Gasteiger partial charge in [-0.05, 0) is 54.8 Å². The molecular weight excluding hydrogens is 531 g/mol. The summed E-state index contributed by atoms with van der Waals surface area (Å²) in [5.41, 5.74) is 4.30. The molecule has 0 atom stereocenters. The number of hydrogen-bond acceptors (Lipinski definition) is 9. The van der Waals surface area contributed by atoms with Gasteiger partial charge in [-0.25, -0.2) is 0 Å². The van der Waals surface area contributed by atoms with Gasteiger partial charge in [0.25, 0.3) is 0 Å². The van der Waals surface area contributed by atoms with Crippen LogP contribution in [-0.4, -0.2) is 68.3 Å². The van der Waals surface area contributed by atoms with Crippen molar-refractivity contribution in [3.8, 4) is 22.6 Å². The summed E-state index contributed by atoms with van der Waals surface area (Å²) in [5, 5.41) is 18.5. The second kappa shape index (κ2) is 14.5. The van der Waals surface area contributed by atoms with Crippen molar-refractivity contribution < 1.29 is 36.6 Å². The van der Waals surface area contributed by atoms with E-state index in [4.69, 9.17) is 18.7 Å².